The molecule has 0 aromatic heterocycles. The molecular formula is C14H20O3S. The van der Waals surface area contributed by atoms with Crippen molar-refractivity contribution in [1.82, 2.24) is 0 Å². The second kappa shape index (κ2) is 6.16. The lowest BCUT2D eigenvalue weighted by Gasteiger charge is -2.10. The third-order valence-corrected chi connectivity index (χ3v) is 4.25. The van der Waals surface area contributed by atoms with E-state index in [9.17, 15) is 13.5 Å². The summed E-state index contributed by atoms with van der Waals surface area (Å²) in [6, 6.07) is 6.72. The molecule has 0 radical (unpaired) electrons. The van der Waals surface area contributed by atoms with Crippen molar-refractivity contribution < 1.29 is 13.5 Å². The fourth-order valence-corrected chi connectivity index (χ4v) is 2.44. The molecule has 0 aliphatic rings. The Morgan fingerprint density at radius 3 is 2.28 bits per heavy atom. The number of hydrogen-bond donors (Lipinski definition) is 1. The van der Waals surface area contributed by atoms with Crippen LogP contribution < -0.4 is 0 Å². The molecule has 0 aliphatic carbocycles. The summed E-state index contributed by atoms with van der Waals surface area (Å²) >= 11 is 0. The van der Waals surface area contributed by atoms with Crippen molar-refractivity contribution in [3.63, 3.8) is 0 Å². The summed E-state index contributed by atoms with van der Waals surface area (Å²) in [6.07, 6.45) is 1.36. The average molecular weight is 268 g/mol. The van der Waals surface area contributed by atoms with Crippen molar-refractivity contribution >= 4 is 9.84 Å². The molecule has 0 amide bonds. The van der Waals surface area contributed by atoms with Gasteiger partial charge in [0.2, 0.25) is 0 Å². The molecule has 18 heavy (non-hydrogen) atoms. The molecule has 0 fully saturated rings. The van der Waals surface area contributed by atoms with Crippen LogP contribution in [-0.4, -0.2) is 19.6 Å². The third kappa shape index (κ3) is 4.27. The number of sulfone groups is 1. The Balaban J connectivity index is 2.76. The van der Waals surface area contributed by atoms with E-state index >= 15 is 0 Å². The highest BCUT2D eigenvalue weighted by atomic mass is 32.2. The molecule has 1 aromatic rings. The molecule has 1 atom stereocenters. The summed E-state index contributed by atoms with van der Waals surface area (Å²) in [5.41, 5.74) is 1.02. The van der Waals surface area contributed by atoms with Gasteiger partial charge in [0.05, 0.1) is 11.0 Å². The maximum atomic E-state index is 11.9. The minimum absolute atomic E-state index is 0.122. The van der Waals surface area contributed by atoms with E-state index < -0.39 is 15.9 Å². The van der Waals surface area contributed by atoms with Gasteiger partial charge in [-0.1, -0.05) is 37.6 Å². The predicted molar refractivity (Wildman–Crippen MR) is 73.0 cm³/mol. The molecule has 0 spiro atoms. The summed E-state index contributed by atoms with van der Waals surface area (Å²) in [5.74, 6) is 0.122. The summed E-state index contributed by atoms with van der Waals surface area (Å²) in [4.78, 5) is 0.281. The minimum Gasteiger partial charge on any atom is -0.393 e. The van der Waals surface area contributed by atoms with E-state index in [1.807, 2.05) is 20.8 Å². The number of benzene rings is 1. The normalized spacial score (nSPS) is 14.3. The first kappa shape index (κ1) is 14.9. The van der Waals surface area contributed by atoms with Gasteiger partial charge >= 0.3 is 0 Å². The maximum absolute atomic E-state index is 11.9. The van der Waals surface area contributed by atoms with Crippen LogP contribution in [0, 0.1) is 12.8 Å². The predicted octanol–water partition coefficient (Wildman–Crippen LogP) is 2.69. The second-order valence-corrected chi connectivity index (χ2v) is 6.61. The molecule has 100 valence electrons. The van der Waals surface area contributed by atoms with Gasteiger partial charge in [0.1, 0.15) is 0 Å². The average Bonchev–Trinajstić information content (AvgIpc) is 2.29. The monoisotopic (exact) mass is 268 g/mol. The van der Waals surface area contributed by atoms with Crippen LogP contribution in [0.2, 0.25) is 0 Å². The fourth-order valence-electron chi connectivity index (χ4n) is 1.40. The van der Waals surface area contributed by atoms with E-state index in [1.54, 1.807) is 24.3 Å². The van der Waals surface area contributed by atoms with Crippen molar-refractivity contribution in [2.24, 2.45) is 5.92 Å². The molecule has 0 bridgehead atoms. The molecule has 1 N–H and O–H groups in total. The zero-order valence-electron chi connectivity index (χ0n) is 11.0. The van der Waals surface area contributed by atoms with E-state index in [2.05, 4.69) is 0 Å². The van der Waals surface area contributed by atoms with Gasteiger partial charge in [0.25, 0.3) is 0 Å². The Morgan fingerprint density at radius 1 is 1.22 bits per heavy atom. The SMILES string of the molecule is Cc1ccc(S(=O)(=O)/C=C/CC(O)C(C)C)cc1. The van der Waals surface area contributed by atoms with Crippen molar-refractivity contribution in [1.29, 1.82) is 0 Å². The largest absolute Gasteiger partial charge is 0.393 e. The first-order valence-corrected chi connectivity index (χ1v) is 7.54. The Bertz CT molecular complexity index is 498. The van der Waals surface area contributed by atoms with Crippen LogP contribution in [0.15, 0.2) is 40.6 Å². The molecule has 4 heteroatoms. The fraction of sp³-hybridized carbons (Fsp3) is 0.429. The summed E-state index contributed by atoms with van der Waals surface area (Å²) in [6.45, 7) is 5.70. The van der Waals surface area contributed by atoms with Crippen LogP contribution in [0.5, 0.6) is 0 Å². The first-order valence-electron chi connectivity index (χ1n) is 5.99. The van der Waals surface area contributed by atoms with E-state index in [-0.39, 0.29) is 10.8 Å². The van der Waals surface area contributed by atoms with Gasteiger partial charge in [-0.3, -0.25) is 0 Å². The molecule has 0 saturated carbocycles. The van der Waals surface area contributed by atoms with Crippen LogP contribution in [0.4, 0.5) is 0 Å². The Morgan fingerprint density at radius 2 is 1.78 bits per heavy atom. The van der Waals surface area contributed by atoms with Gasteiger partial charge < -0.3 is 5.11 Å². The zero-order valence-corrected chi connectivity index (χ0v) is 11.8. The number of aryl methyl sites for hydroxylation is 1. The quantitative estimate of drug-likeness (QED) is 0.893. The van der Waals surface area contributed by atoms with Gasteiger partial charge in [-0.2, -0.15) is 0 Å². The van der Waals surface area contributed by atoms with E-state index in [4.69, 9.17) is 0 Å². The van der Waals surface area contributed by atoms with Gasteiger partial charge in [0.15, 0.2) is 9.84 Å². The Labute approximate surface area is 109 Å². The lowest BCUT2D eigenvalue weighted by molar-refractivity contribution is 0.128. The van der Waals surface area contributed by atoms with E-state index in [0.717, 1.165) is 5.56 Å². The molecule has 0 aliphatic heterocycles. The Kier molecular flexibility index (Phi) is 5.11. The van der Waals surface area contributed by atoms with Gasteiger partial charge in [0, 0.05) is 5.41 Å². The number of aliphatic hydroxyl groups is 1. The summed E-state index contributed by atoms with van der Waals surface area (Å²) < 4.78 is 23.9. The lowest BCUT2D eigenvalue weighted by Crippen LogP contribution is -2.13. The molecule has 0 heterocycles. The van der Waals surface area contributed by atoms with Crippen LogP contribution in [0.25, 0.3) is 0 Å². The smallest absolute Gasteiger partial charge is 0.199 e. The molecule has 1 rings (SSSR count). The highest BCUT2D eigenvalue weighted by Gasteiger charge is 2.11. The van der Waals surface area contributed by atoms with Gasteiger partial charge in [-0.15, -0.1) is 0 Å². The standard InChI is InChI=1S/C14H20O3S/c1-11(2)14(15)5-4-10-18(16,17)13-8-6-12(3)7-9-13/h4,6-11,14-15H,5H2,1-3H3/b10-4+. The number of hydrogen-bond acceptors (Lipinski definition) is 3. The van der Waals surface area contributed by atoms with Gasteiger partial charge in [-0.05, 0) is 31.4 Å². The molecular weight excluding hydrogens is 248 g/mol. The number of aliphatic hydroxyl groups excluding tert-OH is 1. The van der Waals surface area contributed by atoms with Crippen LogP contribution in [0.1, 0.15) is 25.8 Å². The highest BCUT2D eigenvalue weighted by molar-refractivity contribution is 7.94. The van der Waals surface area contributed by atoms with Crippen molar-refractivity contribution in [3.05, 3.63) is 41.3 Å². The first-order chi connectivity index (χ1) is 8.33. The number of rotatable bonds is 5. The zero-order chi connectivity index (χ0) is 13.8. The molecule has 1 aromatic carbocycles. The maximum Gasteiger partial charge on any atom is 0.199 e. The second-order valence-electron chi connectivity index (χ2n) is 4.78. The molecule has 0 saturated heterocycles. The molecule has 1 unspecified atom stereocenters. The van der Waals surface area contributed by atoms with Crippen LogP contribution in [-0.2, 0) is 9.84 Å². The third-order valence-electron chi connectivity index (χ3n) is 2.77. The Hall–Kier alpha value is -1.13. The topological polar surface area (TPSA) is 54.4 Å². The van der Waals surface area contributed by atoms with E-state index in [1.165, 1.54) is 11.5 Å². The van der Waals surface area contributed by atoms with Crippen molar-refractivity contribution in [3.8, 4) is 0 Å². The van der Waals surface area contributed by atoms with Crippen LogP contribution >= 0.6 is 0 Å². The lowest BCUT2D eigenvalue weighted by atomic mass is 10.1. The summed E-state index contributed by atoms with van der Waals surface area (Å²) in [5, 5.41) is 10.8. The highest BCUT2D eigenvalue weighted by Crippen LogP contribution is 2.14. The van der Waals surface area contributed by atoms with E-state index in [0.29, 0.717) is 6.42 Å². The van der Waals surface area contributed by atoms with Crippen molar-refractivity contribution in [2.75, 3.05) is 0 Å². The van der Waals surface area contributed by atoms with Crippen molar-refractivity contribution in [2.45, 2.75) is 38.2 Å². The minimum atomic E-state index is -3.39. The van der Waals surface area contributed by atoms with Gasteiger partial charge in [-0.25, -0.2) is 8.42 Å². The van der Waals surface area contributed by atoms with Crippen LogP contribution in [0.3, 0.4) is 0 Å². The molecule has 3 nitrogen and oxygen atoms in total. The summed E-state index contributed by atoms with van der Waals surface area (Å²) in [7, 11) is -3.39.